The molecule has 0 spiro atoms. The van der Waals surface area contributed by atoms with Crippen LogP contribution in [0.25, 0.3) is 0 Å². The van der Waals surface area contributed by atoms with Crippen LogP contribution in [0.3, 0.4) is 0 Å². The Hall–Kier alpha value is 0.600. The van der Waals surface area contributed by atoms with Crippen LogP contribution < -0.4 is 0 Å². The molecule has 203 valence electrons. The maximum absolute atomic E-state index is 13.0. The molecular weight excluding hydrogens is 491 g/mol. The predicted molar refractivity (Wildman–Crippen MR) is 140 cm³/mol. The quantitative estimate of drug-likeness (QED) is 0.235. The van der Waals surface area contributed by atoms with Crippen molar-refractivity contribution in [3.05, 3.63) is 0 Å². The predicted octanol–water partition coefficient (Wildman–Crippen LogP) is 3.23. The van der Waals surface area contributed by atoms with Gasteiger partial charge >= 0.3 is 5.97 Å². The van der Waals surface area contributed by atoms with Gasteiger partial charge in [-0.1, -0.05) is 34.6 Å². The summed E-state index contributed by atoms with van der Waals surface area (Å²) in [6.45, 7) is 10.9. The van der Waals surface area contributed by atoms with E-state index < -0.39 is 29.8 Å². The van der Waals surface area contributed by atoms with E-state index in [4.69, 9.17) is 16.3 Å². The van der Waals surface area contributed by atoms with Gasteiger partial charge in [-0.25, -0.2) is 0 Å². The molecule has 8 heteroatoms. The van der Waals surface area contributed by atoms with Crippen LogP contribution >= 0.6 is 11.6 Å². The van der Waals surface area contributed by atoms with E-state index in [0.717, 1.165) is 25.7 Å². The molecule has 0 aromatic carbocycles. The minimum atomic E-state index is -0.882. The van der Waals surface area contributed by atoms with Gasteiger partial charge in [0.2, 0.25) is 0 Å². The second kappa shape index (κ2) is 11.6. The van der Waals surface area contributed by atoms with Crippen molar-refractivity contribution in [1.29, 1.82) is 0 Å². The first-order valence-electron chi connectivity index (χ1n) is 13.8. The number of carbonyl (C=O) groups is 1. The summed E-state index contributed by atoms with van der Waals surface area (Å²) < 4.78 is 5.86. The summed E-state index contributed by atoms with van der Waals surface area (Å²) in [4.78, 5) is 13.0. The number of cyclic esters (lactones) is 1. The van der Waals surface area contributed by atoms with Gasteiger partial charge in [-0.3, -0.25) is 4.79 Å². The first-order valence-corrected chi connectivity index (χ1v) is 14.3. The van der Waals surface area contributed by atoms with Crippen LogP contribution in [0, 0.1) is 58.2 Å². The van der Waals surface area contributed by atoms with Crippen molar-refractivity contribution in [1.82, 2.24) is 0 Å². The smallest absolute Gasteiger partial charge is 0.309 e. The van der Waals surface area contributed by atoms with Crippen LogP contribution in [0.4, 0.5) is 0 Å². The maximum atomic E-state index is 13.0. The molecule has 36 heavy (non-hydrogen) atoms. The Morgan fingerprint density at radius 1 is 1.00 bits per heavy atom. The fourth-order valence-electron chi connectivity index (χ4n) is 8.93. The fourth-order valence-corrected chi connectivity index (χ4v) is 9.33. The molecule has 4 aliphatic rings. The van der Waals surface area contributed by atoms with Gasteiger partial charge in [-0.15, -0.1) is 11.6 Å². The minimum Gasteiger partial charge on any atom is -0.465 e. The topological polar surface area (TPSA) is 107 Å². The molecule has 0 amide bonds. The van der Waals surface area contributed by atoms with Crippen LogP contribution in [0.1, 0.15) is 73.1 Å². The van der Waals surface area contributed by atoms with Gasteiger partial charge in [0.1, 0.15) is 0 Å². The van der Waals surface area contributed by atoms with Gasteiger partial charge in [0.05, 0.1) is 36.9 Å². The monoisotopic (exact) mass is 537 g/mol. The Labute approximate surface area is 244 Å². The number of hydrogen-bond acceptors (Lipinski definition) is 6. The molecule has 4 fully saturated rings. The van der Waals surface area contributed by atoms with E-state index in [-0.39, 0.29) is 88.8 Å². The molecule has 1 aliphatic heterocycles. The number of alkyl halides is 1. The van der Waals surface area contributed by atoms with Gasteiger partial charge in [-0.05, 0) is 84.9 Å². The Morgan fingerprint density at radius 2 is 1.64 bits per heavy atom. The molecule has 6 nitrogen and oxygen atoms in total. The summed E-state index contributed by atoms with van der Waals surface area (Å²) in [5.74, 6) is 0.681. The summed E-state index contributed by atoms with van der Waals surface area (Å²) in [7, 11) is 0. The molecule has 4 rings (SSSR count). The standard InChI is InChI=1S/C28H47ClO6.Na/c1-14(2)15(3)24(32)25(33)16(12-29)18-6-7-19-17-13-35-26(34)21-10-22(30)23(31)11-28(21,5)20(17)8-9-27(18,19)4;/h14-25,30-33H,6-13H2,1-5H3;/t15-,16-,17-,18+,19-,20-,21+,22-,23+,24+,25+,27+,28+;/m0./s1. The number of aliphatic hydroxyl groups is 4. The maximum Gasteiger partial charge on any atom is 0.309 e. The minimum absolute atomic E-state index is 0. The third kappa shape index (κ3) is 5.09. The van der Waals surface area contributed by atoms with Crippen molar-refractivity contribution in [2.75, 3.05) is 12.5 Å². The largest absolute Gasteiger partial charge is 0.465 e. The number of esters is 1. The van der Waals surface area contributed by atoms with Crippen molar-refractivity contribution in [3.8, 4) is 0 Å². The first-order chi connectivity index (χ1) is 16.4. The molecule has 4 N–H and O–H groups in total. The Bertz CT molecular complexity index is 783. The molecule has 13 atom stereocenters. The van der Waals surface area contributed by atoms with E-state index in [1.165, 1.54) is 0 Å². The van der Waals surface area contributed by atoms with Crippen LogP contribution in [0.5, 0.6) is 0 Å². The second-order valence-electron chi connectivity index (χ2n) is 13.3. The van der Waals surface area contributed by atoms with Crippen molar-refractivity contribution in [3.63, 3.8) is 0 Å². The molecule has 0 bridgehead atoms. The SMILES string of the molecule is CC(C)[C@H](C)[C@@H](O)[C@H](O)[C@@H](CCl)[C@H]1CC[C@H]2[C@@H]3COC(=O)[C@H]4C[C@H](O)[C@H](O)C[C@]4(C)[C@H]3CC[C@]12C.[Na]. The Balaban J connectivity index is 0.00000361. The van der Waals surface area contributed by atoms with E-state index >= 15 is 0 Å². The van der Waals surface area contributed by atoms with Gasteiger partial charge < -0.3 is 25.2 Å². The summed E-state index contributed by atoms with van der Waals surface area (Å²) in [6, 6.07) is 0. The third-order valence-corrected chi connectivity index (χ3v) is 11.9. The Morgan fingerprint density at radius 3 is 2.25 bits per heavy atom. The van der Waals surface area contributed by atoms with E-state index in [9.17, 15) is 25.2 Å². The molecule has 3 saturated carbocycles. The number of rotatable bonds is 6. The zero-order chi connectivity index (χ0) is 25.9. The molecule has 3 aliphatic carbocycles. The van der Waals surface area contributed by atoms with Crippen molar-refractivity contribution in [2.45, 2.75) is 97.6 Å². The average Bonchev–Trinajstić information content (AvgIpc) is 3.11. The van der Waals surface area contributed by atoms with Crippen LogP contribution in [0.2, 0.25) is 0 Å². The molecule has 1 saturated heterocycles. The second-order valence-corrected chi connectivity index (χ2v) is 13.6. The Kier molecular flexibility index (Phi) is 10.0. The third-order valence-electron chi connectivity index (χ3n) is 11.5. The van der Waals surface area contributed by atoms with Crippen molar-refractivity contribution < 1.29 is 30.0 Å². The number of fused-ring (bicyclic) bond motifs is 5. The van der Waals surface area contributed by atoms with Crippen LogP contribution in [0.15, 0.2) is 0 Å². The van der Waals surface area contributed by atoms with Gasteiger partial charge in [-0.2, -0.15) is 0 Å². The number of hydrogen-bond donors (Lipinski definition) is 4. The summed E-state index contributed by atoms with van der Waals surface area (Å²) in [5.41, 5.74) is -0.456. The molecule has 0 aromatic rings. The van der Waals surface area contributed by atoms with E-state index in [1.807, 2.05) is 6.92 Å². The summed E-state index contributed by atoms with van der Waals surface area (Å²) >= 11 is 6.50. The van der Waals surface area contributed by atoms with Gasteiger partial charge in [0.15, 0.2) is 0 Å². The first kappa shape index (κ1) is 31.1. The zero-order valence-electron chi connectivity index (χ0n) is 23.1. The van der Waals surface area contributed by atoms with Crippen LogP contribution in [-0.2, 0) is 9.53 Å². The molecule has 0 aromatic heterocycles. The van der Waals surface area contributed by atoms with Gasteiger partial charge in [0, 0.05) is 41.4 Å². The molecule has 0 unspecified atom stereocenters. The van der Waals surface area contributed by atoms with E-state index in [1.54, 1.807) is 0 Å². The van der Waals surface area contributed by atoms with Crippen molar-refractivity contribution >= 4 is 47.1 Å². The summed E-state index contributed by atoms with van der Waals surface area (Å²) in [6.07, 6.45) is 1.13. The molecular formula is C28H47ClNaO6. The zero-order valence-corrected chi connectivity index (χ0v) is 25.8. The number of aliphatic hydroxyl groups excluding tert-OH is 4. The van der Waals surface area contributed by atoms with Gasteiger partial charge in [0.25, 0.3) is 0 Å². The normalized spacial score (nSPS) is 45.8. The fraction of sp³-hybridized carbons (Fsp3) is 0.964. The van der Waals surface area contributed by atoms with E-state index in [0.29, 0.717) is 24.8 Å². The van der Waals surface area contributed by atoms with E-state index in [2.05, 4.69) is 27.7 Å². The number of ether oxygens (including phenoxy) is 1. The summed E-state index contributed by atoms with van der Waals surface area (Å²) in [5, 5.41) is 43.1. The molecule has 1 radical (unpaired) electrons. The van der Waals surface area contributed by atoms with Crippen molar-refractivity contribution in [2.24, 2.45) is 58.2 Å². The van der Waals surface area contributed by atoms with Crippen LogP contribution in [-0.4, -0.2) is 92.9 Å². The molecule has 1 heterocycles. The number of halogens is 1. The number of carbonyl (C=O) groups excluding carboxylic acids is 1. The average molecular weight is 538 g/mol.